The van der Waals surface area contributed by atoms with Gasteiger partial charge in [-0.25, -0.2) is 4.79 Å². The van der Waals surface area contributed by atoms with Crippen LogP contribution >= 0.6 is 0 Å². The number of hydrogen-bond acceptors (Lipinski definition) is 4. The first kappa shape index (κ1) is 14.2. The number of hydrogen-bond donors (Lipinski definition) is 0. The van der Waals surface area contributed by atoms with Crippen molar-refractivity contribution in [1.29, 1.82) is 0 Å². The first-order chi connectivity index (χ1) is 8.35. The van der Waals surface area contributed by atoms with Crippen LogP contribution in [0.25, 0.3) is 0 Å². The van der Waals surface area contributed by atoms with E-state index in [0.717, 1.165) is 12.8 Å². The third-order valence-electron chi connectivity index (χ3n) is 2.53. The molecule has 1 aromatic rings. The summed E-state index contributed by atoms with van der Waals surface area (Å²) in [6, 6.07) is 5.40. The Balaban J connectivity index is 2.76. The van der Waals surface area contributed by atoms with Crippen molar-refractivity contribution in [3.8, 4) is 0 Å². The maximum absolute atomic E-state index is 11.8. The van der Waals surface area contributed by atoms with Crippen molar-refractivity contribution in [3.05, 3.63) is 39.9 Å². The number of benzene rings is 1. The van der Waals surface area contributed by atoms with Crippen LogP contribution in [0, 0.1) is 10.1 Å². The Bertz CT molecular complexity index is 437. The molecule has 0 bridgehead atoms. The van der Waals surface area contributed by atoms with E-state index in [4.69, 9.17) is 4.74 Å². The number of rotatable bonds is 5. The highest BCUT2D eigenvalue weighted by molar-refractivity contribution is 5.89. The summed E-state index contributed by atoms with van der Waals surface area (Å²) in [4.78, 5) is 21.8. The van der Waals surface area contributed by atoms with Crippen LogP contribution in [0.1, 0.15) is 44.0 Å². The first-order valence-corrected chi connectivity index (χ1v) is 5.83. The molecule has 1 aromatic carbocycles. The van der Waals surface area contributed by atoms with Gasteiger partial charge in [0, 0.05) is 12.1 Å². The van der Waals surface area contributed by atoms with Crippen LogP contribution < -0.4 is 0 Å². The summed E-state index contributed by atoms with van der Waals surface area (Å²) in [6.45, 7) is 5.71. The highest BCUT2D eigenvalue weighted by Crippen LogP contribution is 2.20. The number of nitro groups is 1. The number of carbonyl (C=O) groups is 1. The van der Waals surface area contributed by atoms with Crippen molar-refractivity contribution in [2.75, 3.05) is 0 Å². The van der Waals surface area contributed by atoms with Crippen LogP contribution in [0.5, 0.6) is 0 Å². The molecule has 0 heterocycles. The fourth-order valence-corrected chi connectivity index (χ4v) is 1.68. The topological polar surface area (TPSA) is 69.4 Å². The fraction of sp³-hybridized carbons (Fsp3) is 0.462. The molecule has 0 N–H and O–H groups in total. The van der Waals surface area contributed by atoms with Gasteiger partial charge < -0.3 is 4.74 Å². The summed E-state index contributed by atoms with van der Waals surface area (Å²) in [6.07, 6.45) is 1.69. The Kier molecular flexibility index (Phi) is 4.42. The van der Waals surface area contributed by atoms with Gasteiger partial charge in [0.15, 0.2) is 0 Å². The van der Waals surface area contributed by atoms with E-state index in [9.17, 15) is 14.9 Å². The lowest BCUT2D eigenvalue weighted by atomic mass is 10.0. The molecular formula is C13H17NO4. The second-order valence-electron chi connectivity index (χ2n) is 4.70. The molecule has 0 atom stereocenters. The van der Waals surface area contributed by atoms with E-state index in [1.807, 2.05) is 20.8 Å². The smallest absolute Gasteiger partial charge is 0.338 e. The van der Waals surface area contributed by atoms with E-state index in [1.54, 1.807) is 0 Å². The average molecular weight is 251 g/mol. The van der Waals surface area contributed by atoms with Gasteiger partial charge in [-0.1, -0.05) is 13.3 Å². The van der Waals surface area contributed by atoms with Crippen LogP contribution in [0.15, 0.2) is 24.3 Å². The van der Waals surface area contributed by atoms with Crippen molar-refractivity contribution in [3.63, 3.8) is 0 Å². The molecular weight excluding hydrogens is 234 g/mol. The molecule has 0 spiro atoms. The van der Waals surface area contributed by atoms with Gasteiger partial charge in [-0.15, -0.1) is 0 Å². The minimum Gasteiger partial charge on any atom is -0.456 e. The van der Waals surface area contributed by atoms with E-state index < -0.39 is 16.5 Å². The lowest BCUT2D eigenvalue weighted by Crippen LogP contribution is -2.27. The van der Waals surface area contributed by atoms with Gasteiger partial charge in [-0.2, -0.15) is 0 Å². The van der Waals surface area contributed by atoms with E-state index in [1.165, 1.54) is 24.3 Å². The van der Waals surface area contributed by atoms with Crippen molar-refractivity contribution < 1.29 is 14.5 Å². The summed E-state index contributed by atoms with van der Waals surface area (Å²) in [7, 11) is 0. The number of nitro benzene ring substituents is 1. The van der Waals surface area contributed by atoms with Gasteiger partial charge in [-0.05, 0) is 32.4 Å². The van der Waals surface area contributed by atoms with E-state index >= 15 is 0 Å². The number of esters is 1. The third-order valence-corrected chi connectivity index (χ3v) is 2.53. The predicted molar refractivity (Wildman–Crippen MR) is 67.5 cm³/mol. The monoisotopic (exact) mass is 251 g/mol. The minimum atomic E-state index is -0.520. The normalized spacial score (nSPS) is 11.1. The van der Waals surface area contributed by atoms with E-state index in [2.05, 4.69) is 0 Å². The Morgan fingerprint density at radius 3 is 2.33 bits per heavy atom. The highest BCUT2D eigenvalue weighted by atomic mass is 16.6. The van der Waals surface area contributed by atoms with Gasteiger partial charge in [0.2, 0.25) is 0 Å². The molecule has 0 amide bonds. The second kappa shape index (κ2) is 5.62. The maximum Gasteiger partial charge on any atom is 0.338 e. The Labute approximate surface area is 106 Å². The molecule has 0 aliphatic rings. The van der Waals surface area contributed by atoms with Crippen molar-refractivity contribution in [2.24, 2.45) is 0 Å². The summed E-state index contributed by atoms with van der Waals surface area (Å²) in [5.74, 6) is -0.455. The van der Waals surface area contributed by atoms with Crippen LogP contribution in [-0.2, 0) is 4.74 Å². The van der Waals surface area contributed by atoms with Crippen LogP contribution in [0.4, 0.5) is 5.69 Å². The molecule has 0 fully saturated rings. The largest absolute Gasteiger partial charge is 0.456 e. The van der Waals surface area contributed by atoms with Crippen molar-refractivity contribution in [1.82, 2.24) is 0 Å². The fourth-order valence-electron chi connectivity index (χ4n) is 1.68. The van der Waals surface area contributed by atoms with Crippen LogP contribution in [-0.4, -0.2) is 16.5 Å². The molecule has 18 heavy (non-hydrogen) atoms. The maximum atomic E-state index is 11.8. The summed E-state index contributed by atoms with van der Waals surface area (Å²) >= 11 is 0. The average Bonchev–Trinajstić information content (AvgIpc) is 2.28. The quantitative estimate of drug-likeness (QED) is 0.457. The predicted octanol–water partition coefficient (Wildman–Crippen LogP) is 3.33. The molecule has 0 aliphatic heterocycles. The number of non-ortho nitro benzene ring substituents is 1. The lowest BCUT2D eigenvalue weighted by Gasteiger charge is -2.24. The number of ether oxygens (including phenoxy) is 1. The van der Waals surface area contributed by atoms with E-state index in [-0.39, 0.29) is 5.69 Å². The molecule has 0 saturated heterocycles. The molecule has 1 rings (SSSR count). The van der Waals surface area contributed by atoms with Gasteiger partial charge >= 0.3 is 5.97 Å². The van der Waals surface area contributed by atoms with Crippen LogP contribution in [0.3, 0.4) is 0 Å². The first-order valence-electron chi connectivity index (χ1n) is 5.83. The van der Waals surface area contributed by atoms with Gasteiger partial charge in [0.1, 0.15) is 5.60 Å². The second-order valence-corrected chi connectivity index (χ2v) is 4.70. The lowest BCUT2D eigenvalue weighted by molar-refractivity contribution is -0.384. The van der Waals surface area contributed by atoms with Crippen LogP contribution in [0.2, 0.25) is 0 Å². The standard InChI is InChI=1S/C13H17NO4/c1-4-9-13(2,3)18-12(15)10-5-7-11(8-6-10)14(16)17/h5-8H,4,9H2,1-3H3. The Morgan fingerprint density at radius 2 is 1.89 bits per heavy atom. The zero-order chi connectivity index (χ0) is 13.8. The molecule has 0 aliphatic carbocycles. The molecule has 5 nitrogen and oxygen atoms in total. The number of carbonyl (C=O) groups excluding carboxylic acids is 1. The minimum absolute atomic E-state index is 0.0423. The SMILES string of the molecule is CCCC(C)(C)OC(=O)c1ccc([N+](=O)[O-])cc1. The zero-order valence-electron chi connectivity index (χ0n) is 10.8. The molecule has 98 valence electrons. The summed E-state index contributed by atoms with van der Waals surface area (Å²) in [5, 5.41) is 10.5. The molecule has 0 radical (unpaired) electrons. The number of nitrogens with zero attached hydrogens (tertiary/aromatic N) is 1. The molecule has 0 unspecified atom stereocenters. The Morgan fingerprint density at radius 1 is 1.33 bits per heavy atom. The van der Waals surface area contributed by atoms with Gasteiger partial charge in [-0.3, -0.25) is 10.1 Å². The summed E-state index contributed by atoms with van der Waals surface area (Å²) in [5.41, 5.74) is -0.239. The highest BCUT2D eigenvalue weighted by Gasteiger charge is 2.22. The molecule has 0 aromatic heterocycles. The molecule has 0 saturated carbocycles. The van der Waals surface area contributed by atoms with E-state index in [0.29, 0.717) is 5.56 Å². The third kappa shape index (κ3) is 3.84. The van der Waals surface area contributed by atoms with Gasteiger partial charge in [0.25, 0.3) is 5.69 Å². The van der Waals surface area contributed by atoms with Gasteiger partial charge in [0.05, 0.1) is 10.5 Å². The van der Waals surface area contributed by atoms with Crippen molar-refractivity contribution in [2.45, 2.75) is 39.2 Å². The Hall–Kier alpha value is -1.91. The zero-order valence-corrected chi connectivity index (χ0v) is 10.8. The molecule has 5 heteroatoms. The van der Waals surface area contributed by atoms with Crippen molar-refractivity contribution >= 4 is 11.7 Å². The summed E-state index contributed by atoms with van der Waals surface area (Å²) < 4.78 is 5.36.